The molecule has 0 aromatic heterocycles. The first-order valence-electron chi connectivity index (χ1n) is 8.00. The minimum Gasteiger partial charge on any atom is -0.471 e. The maximum atomic E-state index is 6.36. The maximum Gasteiger partial charge on any atom is 0.179 e. The number of nitrogens with zero attached hydrogens (tertiary/aromatic N) is 1. The molecule has 2 heteroatoms. The molecule has 2 aliphatic rings. The van der Waals surface area contributed by atoms with Gasteiger partial charge in [0.05, 0.1) is 0 Å². The van der Waals surface area contributed by atoms with Gasteiger partial charge >= 0.3 is 0 Å². The van der Waals surface area contributed by atoms with Gasteiger partial charge in [0.15, 0.2) is 6.23 Å². The molecule has 1 atom stereocenters. The Labute approximate surface area is 128 Å². The summed E-state index contributed by atoms with van der Waals surface area (Å²) in [6.45, 7) is 8.80. The standard InChI is InChI=1S/C19H25NO/c1-4-5-11-20-14-16-12-19(2,3)13-17(16)21-18(20)15-9-7-6-8-10-15/h6-10,12-13,18H,4-5,11,14H2,1-3H3. The first kappa shape index (κ1) is 14.4. The van der Waals surface area contributed by atoms with E-state index in [0.29, 0.717) is 0 Å². The SMILES string of the molecule is CCCCN1CC2=CC(C)(C)C=C2OC1c1ccccc1. The van der Waals surface area contributed by atoms with Crippen LogP contribution < -0.4 is 0 Å². The van der Waals surface area contributed by atoms with Gasteiger partial charge in [-0.1, -0.05) is 63.6 Å². The molecule has 0 amide bonds. The fraction of sp³-hybridized carbons (Fsp3) is 0.474. The number of hydrogen-bond donors (Lipinski definition) is 0. The van der Waals surface area contributed by atoms with Crippen molar-refractivity contribution in [2.75, 3.05) is 13.1 Å². The molecule has 1 fully saturated rings. The number of fused-ring (bicyclic) bond motifs is 1. The highest BCUT2D eigenvalue weighted by molar-refractivity contribution is 5.41. The first-order valence-corrected chi connectivity index (χ1v) is 8.00. The van der Waals surface area contributed by atoms with Crippen LogP contribution >= 0.6 is 0 Å². The van der Waals surface area contributed by atoms with Crippen molar-refractivity contribution in [3.8, 4) is 0 Å². The molecule has 1 aliphatic heterocycles. The summed E-state index contributed by atoms with van der Waals surface area (Å²) in [5.74, 6) is 1.08. The third-order valence-electron chi connectivity index (χ3n) is 4.19. The molecule has 0 bridgehead atoms. The lowest BCUT2D eigenvalue weighted by Gasteiger charge is -2.38. The van der Waals surface area contributed by atoms with Gasteiger partial charge in [0.1, 0.15) is 5.76 Å². The number of ether oxygens (including phenoxy) is 1. The lowest BCUT2D eigenvalue weighted by atomic mass is 9.96. The molecule has 3 rings (SSSR count). The molecule has 1 unspecified atom stereocenters. The van der Waals surface area contributed by atoms with E-state index in [1.165, 1.54) is 24.0 Å². The largest absolute Gasteiger partial charge is 0.471 e. The summed E-state index contributed by atoms with van der Waals surface area (Å²) < 4.78 is 6.36. The van der Waals surface area contributed by atoms with Crippen LogP contribution in [0.1, 0.15) is 45.4 Å². The zero-order valence-corrected chi connectivity index (χ0v) is 13.3. The summed E-state index contributed by atoms with van der Waals surface area (Å²) in [5.41, 5.74) is 2.72. The van der Waals surface area contributed by atoms with E-state index in [0.717, 1.165) is 18.8 Å². The van der Waals surface area contributed by atoms with Gasteiger partial charge in [0, 0.05) is 29.6 Å². The highest BCUT2D eigenvalue weighted by Crippen LogP contribution is 2.41. The average molecular weight is 283 g/mol. The van der Waals surface area contributed by atoms with Gasteiger partial charge in [-0.15, -0.1) is 0 Å². The van der Waals surface area contributed by atoms with Crippen LogP contribution in [0.2, 0.25) is 0 Å². The molecule has 1 aromatic carbocycles. The molecule has 0 saturated carbocycles. The van der Waals surface area contributed by atoms with Crippen LogP contribution in [0.4, 0.5) is 0 Å². The van der Waals surface area contributed by atoms with Crippen LogP contribution in [0.15, 0.2) is 53.8 Å². The molecule has 0 N–H and O–H groups in total. The van der Waals surface area contributed by atoms with Gasteiger partial charge in [-0.25, -0.2) is 0 Å². The van der Waals surface area contributed by atoms with E-state index in [-0.39, 0.29) is 11.6 Å². The minimum atomic E-state index is 0.0510. The van der Waals surface area contributed by atoms with E-state index >= 15 is 0 Å². The van der Waals surface area contributed by atoms with Crippen molar-refractivity contribution in [3.63, 3.8) is 0 Å². The second-order valence-electron chi connectivity index (χ2n) is 6.70. The lowest BCUT2D eigenvalue weighted by molar-refractivity contribution is -0.0394. The second kappa shape index (κ2) is 5.69. The number of unbranched alkanes of at least 4 members (excludes halogenated alkanes) is 1. The van der Waals surface area contributed by atoms with E-state index in [1.807, 2.05) is 0 Å². The Kier molecular flexibility index (Phi) is 3.90. The van der Waals surface area contributed by atoms with Crippen molar-refractivity contribution < 1.29 is 4.74 Å². The Balaban J connectivity index is 1.88. The summed E-state index contributed by atoms with van der Waals surface area (Å²) >= 11 is 0. The molecule has 0 radical (unpaired) electrons. The summed E-state index contributed by atoms with van der Waals surface area (Å²) in [4.78, 5) is 2.46. The summed E-state index contributed by atoms with van der Waals surface area (Å²) in [6, 6.07) is 10.6. The molecule has 0 spiro atoms. The van der Waals surface area contributed by atoms with Crippen LogP contribution in [0, 0.1) is 5.41 Å². The third-order valence-corrected chi connectivity index (χ3v) is 4.19. The highest BCUT2D eigenvalue weighted by Gasteiger charge is 2.35. The van der Waals surface area contributed by atoms with Gasteiger partial charge in [-0.2, -0.15) is 0 Å². The summed E-state index contributed by atoms with van der Waals surface area (Å²) in [7, 11) is 0. The molecular formula is C19H25NO. The van der Waals surface area contributed by atoms with Crippen molar-refractivity contribution in [1.82, 2.24) is 4.90 Å². The van der Waals surface area contributed by atoms with Gasteiger partial charge in [0.2, 0.25) is 0 Å². The summed E-state index contributed by atoms with van der Waals surface area (Å²) in [6.07, 6.45) is 7.08. The van der Waals surface area contributed by atoms with Crippen LogP contribution in [0.5, 0.6) is 0 Å². The molecule has 1 heterocycles. The molecular weight excluding hydrogens is 258 g/mol. The van der Waals surface area contributed by atoms with Crippen molar-refractivity contribution in [2.45, 2.75) is 39.8 Å². The first-order chi connectivity index (χ1) is 10.1. The zero-order valence-electron chi connectivity index (χ0n) is 13.3. The monoisotopic (exact) mass is 283 g/mol. The van der Waals surface area contributed by atoms with Crippen molar-refractivity contribution >= 4 is 0 Å². The Hall–Kier alpha value is -1.54. The molecule has 1 aromatic rings. The third kappa shape index (κ3) is 3.06. The van der Waals surface area contributed by atoms with Crippen molar-refractivity contribution in [1.29, 1.82) is 0 Å². The smallest absolute Gasteiger partial charge is 0.179 e. The predicted molar refractivity (Wildman–Crippen MR) is 86.7 cm³/mol. The highest BCUT2D eigenvalue weighted by atomic mass is 16.5. The van der Waals surface area contributed by atoms with E-state index in [1.54, 1.807) is 0 Å². The maximum absolute atomic E-state index is 6.36. The molecule has 1 saturated heterocycles. The van der Waals surface area contributed by atoms with E-state index < -0.39 is 0 Å². The lowest BCUT2D eigenvalue weighted by Crippen LogP contribution is -2.37. The van der Waals surface area contributed by atoms with Gasteiger partial charge in [0.25, 0.3) is 0 Å². The Morgan fingerprint density at radius 1 is 1.19 bits per heavy atom. The Bertz CT molecular complexity index is 556. The van der Waals surface area contributed by atoms with E-state index in [4.69, 9.17) is 4.74 Å². The zero-order chi connectivity index (χ0) is 14.9. The second-order valence-corrected chi connectivity index (χ2v) is 6.70. The fourth-order valence-electron chi connectivity index (χ4n) is 3.18. The normalized spacial score (nSPS) is 24.0. The molecule has 21 heavy (non-hydrogen) atoms. The minimum absolute atomic E-state index is 0.0510. The van der Waals surface area contributed by atoms with Gasteiger partial charge in [-0.3, -0.25) is 4.90 Å². The predicted octanol–water partition coefficient (Wildman–Crippen LogP) is 4.67. The van der Waals surface area contributed by atoms with Gasteiger partial charge < -0.3 is 4.74 Å². The van der Waals surface area contributed by atoms with E-state index in [9.17, 15) is 0 Å². The van der Waals surface area contributed by atoms with Crippen LogP contribution in [-0.2, 0) is 4.74 Å². The molecule has 1 aliphatic carbocycles. The van der Waals surface area contributed by atoms with Crippen molar-refractivity contribution in [2.24, 2.45) is 5.41 Å². The van der Waals surface area contributed by atoms with E-state index in [2.05, 4.69) is 68.2 Å². The molecule has 2 nitrogen and oxygen atoms in total. The summed E-state index contributed by atoms with van der Waals surface area (Å²) in [5, 5.41) is 0. The Morgan fingerprint density at radius 2 is 1.95 bits per heavy atom. The van der Waals surface area contributed by atoms with Gasteiger partial charge in [-0.05, 0) is 12.5 Å². The fourth-order valence-corrected chi connectivity index (χ4v) is 3.18. The van der Waals surface area contributed by atoms with Crippen LogP contribution in [0.3, 0.4) is 0 Å². The van der Waals surface area contributed by atoms with Crippen LogP contribution in [0.25, 0.3) is 0 Å². The topological polar surface area (TPSA) is 12.5 Å². The average Bonchev–Trinajstić information content (AvgIpc) is 2.77. The number of allylic oxidation sites excluding steroid dienone is 2. The molecule has 112 valence electrons. The Morgan fingerprint density at radius 3 is 2.67 bits per heavy atom. The number of rotatable bonds is 4. The quantitative estimate of drug-likeness (QED) is 0.796. The number of benzene rings is 1. The van der Waals surface area contributed by atoms with Crippen LogP contribution in [-0.4, -0.2) is 18.0 Å². The number of hydrogen-bond acceptors (Lipinski definition) is 2. The van der Waals surface area contributed by atoms with Crippen molar-refractivity contribution in [3.05, 3.63) is 59.4 Å².